The summed E-state index contributed by atoms with van der Waals surface area (Å²) in [6.07, 6.45) is 8.15. The third kappa shape index (κ3) is 7.30. The van der Waals surface area contributed by atoms with Gasteiger partial charge < -0.3 is 4.90 Å². The molecule has 4 aromatic rings. The molecule has 1 saturated heterocycles. The van der Waals surface area contributed by atoms with Crippen molar-refractivity contribution in [3.63, 3.8) is 0 Å². The lowest BCUT2D eigenvalue weighted by Crippen LogP contribution is -2.39. The standard InChI is InChI=1S/C37H40F3N3O.C2H4/c1-3-35(40)43-34-14-7-6-13-33(34)41-36(43)26-17-19-42(20-18-26)37(44)31-21-24(2)30(23-32(31)39)29(12-5-4-9-25-15-16-25)27-10-8-11-28(38)22-27;1-2/h6-8,10-14,21-23,25-26,35H,3-5,9,15-20H2,1-2H3;1-2H2/b29-12-;. The van der Waals surface area contributed by atoms with Gasteiger partial charge in [-0.2, -0.15) is 0 Å². The number of alkyl halides is 1. The zero-order chi connectivity index (χ0) is 32.8. The van der Waals surface area contributed by atoms with E-state index in [1.165, 1.54) is 37.5 Å². The molecule has 1 aliphatic carbocycles. The quantitative estimate of drug-likeness (QED) is 0.130. The van der Waals surface area contributed by atoms with Gasteiger partial charge in [-0.15, -0.1) is 13.2 Å². The molecule has 1 atom stereocenters. The number of carbonyl (C=O) groups is 1. The van der Waals surface area contributed by atoms with Crippen LogP contribution in [0.25, 0.3) is 16.6 Å². The highest BCUT2D eigenvalue weighted by Crippen LogP contribution is 2.36. The molecule has 0 radical (unpaired) electrons. The Bertz CT molecular complexity index is 1700. The number of aryl methyl sites for hydroxylation is 1. The van der Waals surface area contributed by atoms with E-state index in [-0.39, 0.29) is 23.2 Å². The first kappa shape index (κ1) is 33.2. The molecule has 242 valence electrons. The van der Waals surface area contributed by atoms with Crippen LogP contribution in [0.15, 0.2) is 79.9 Å². The number of amides is 1. The Morgan fingerprint density at radius 2 is 1.74 bits per heavy atom. The number of hydrogen-bond donors (Lipinski definition) is 0. The van der Waals surface area contributed by atoms with Gasteiger partial charge in [0.25, 0.3) is 5.91 Å². The van der Waals surface area contributed by atoms with E-state index in [9.17, 15) is 9.18 Å². The van der Waals surface area contributed by atoms with E-state index < -0.39 is 12.1 Å². The average molecular weight is 628 g/mol. The van der Waals surface area contributed by atoms with Crippen LogP contribution in [0.4, 0.5) is 13.2 Å². The Labute approximate surface area is 270 Å². The number of nitrogens with zero attached hydrogens (tertiary/aromatic N) is 3. The highest BCUT2D eigenvalue weighted by atomic mass is 19.1. The summed E-state index contributed by atoms with van der Waals surface area (Å²) in [5, 5.41) is 0. The molecule has 1 aromatic heterocycles. The molecule has 7 heteroatoms. The Kier molecular flexibility index (Phi) is 10.8. The van der Waals surface area contributed by atoms with Crippen molar-refractivity contribution in [3.8, 4) is 0 Å². The second kappa shape index (κ2) is 15.0. The number of imidazole rings is 1. The molecule has 1 unspecified atom stereocenters. The molecule has 0 spiro atoms. The maximum Gasteiger partial charge on any atom is 0.256 e. The van der Waals surface area contributed by atoms with Crippen molar-refractivity contribution >= 4 is 22.5 Å². The molecule has 4 nitrogen and oxygen atoms in total. The van der Waals surface area contributed by atoms with Gasteiger partial charge in [-0.3, -0.25) is 9.36 Å². The first-order valence-corrected chi connectivity index (χ1v) is 16.5. The second-order valence-corrected chi connectivity index (χ2v) is 12.4. The Morgan fingerprint density at radius 1 is 1.00 bits per heavy atom. The summed E-state index contributed by atoms with van der Waals surface area (Å²) in [6, 6.07) is 17.0. The molecule has 6 rings (SSSR count). The van der Waals surface area contributed by atoms with Crippen LogP contribution in [-0.4, -0.2) is 33.4 Å². The highest BCUT2D eigenvalue weighted by Gasteiger charge is 2.31. The number of piperidine rings is 1. The van der Waals surface area contributed by atoms with Crippen LogP contribution in [0.3, 0.4) is 0 Å². The second-order valence-electron chi connectivity index (χ2n) is 12.4. The van der Waals surface area contributed by atoms with Crippen molar-refractivity contribution in [3.05, 3.63) is 120 Å². The van der Waals surface area contributed by atoms with Crippen LogP contribution < -0.4 is 0 Å². The van der Waals surface area contributed by atoms with Crippen molar-refractivity contribution in [2.45, 2.75) is 77.4 Å². The summed E-state index contributed by atoms with van der Waals surface area (Å²) < 4.78 is 46.7. The molecule has 46 heavy (non-hydrogen) atoms. The van der Waals surface area contributed by atoms with E-state index in [2.05, 4.69) is 19.2 Å². The number of fused-ring (bicyclic) bond motifs is 1. The van der Waals surface area contributed by atoms with Gasteiger partial charge in [0.2, 0.25) is 0 Å². The molecular weight excluding hydrogens is 583 g/mol. The number of hydrogen-bond acceptors (Lipinski definition) is 2. The molecular formula is C39H44F3N3O. The summed E-state index contributed by atoms with van der Waals surface area (Å²) in [7, 11) is 0. The van der Waals surface area contributed by atoms with E-state index >= 15 is 8.78 Å². The number of benzene rings is 3. The number of allylic oxidation sites excluding steroid dienone is 1. The maximum atomic E-state index is 15.7. The van der Waals surface area contributed by atoms with Gasteiger partial charge in [-0.1, -0.05) is 56.5 Å². The van der Waals surface area contributed by atoms with Crippen LogP contribution >= 0.6 is 0 Å². The number of carbonyl (C=O) groups excluding carboxylic acids is 1. The maximum absolute atomic E-state index is 15.7. The minimum absolute atomic E-state index is 0.00378. The highest BCUT2D eigenvalue weighted by molar-refractivity contribution is 5.96. The van der Waals surface area contributed by atoms with E-state index in [0.717, 1.165) is 40.9 Å². The fraction of sp³-hybridized carbons (Fsp3) is 0.385. The first-order chi connectivity index (χ1) is 22.3. The van der Waals surface area contributed by atoms with Gasteiger partial charge in [0.1, 0.15) is 17.5 Å². The van der Waals surface area contributed by atoms with Gasteiger partial charge in [-0.05, 0) is 104 Å². The molecule has 1 amide bonds. The lowest BCUT2D eigenvalue weighted by molar-refractivity contribution is 0.0703. The number of unbranched alkanes of at least 4 members (excludes halogenated alkanes) is 1. The summed E-state index contributed by atoms with van der Waals surface area (Å²) >= 11 is 0. The first-order valence-electron chi connectivity index (χ1n) is 16.5. The van der Waals surface area contributed by atoms with Gasteiger partial charge in [-0.25, -0.2) is 18.2 Å². The molecule has 2 fully saturated rings. The predicted molar refractivity (Wildman–Crippen MR) is 180 cm³/mol. The largest absolute Gasteiger partial charge is 0.339 e. The minimum atomic E-state index is -1.17. The Morgan fingerprint density at radius 3 is 2.43 bits per heavy atom. The fourth-order valence-corrected chi connectivity index (χ4v) is 6.57. The minimum Gasteiger partial charge on any atom is -0.339 e. The zero-order valence-corrected chi connectivity index (χ0v) is 27.0. The Hall–Kier alpha value is -4.13. The van der Waals surface area contributed by atoms with Crippen LogP contribution in [0.5, 0.6) is 0 Å². The summed E-state index contributed by atoms with van der Waals surface area (Å²) in [5.41, 5.74) is 4.52. The van der Waals surface area contributed by atoms with Crippen LogP contribution in [0.1, 0.15) is 103 Å². The molecule has 1 saturated carbocycles. The number of likely N-dealkylation sites (tertiary alicyclic amines) is 1. The van der Waals surface area contributed by atoms with Gasteiger partial charge in [0.05, 0.1) is 16.6 Å². The van der Waals surface area contributed by atoms with Crippen LogP contribution in [-0.2, 0) is 0 Å². The molecule has 2 aliphatic rings. The van der Waals surface area contributed by atoms with Gasteiger partial charge in [0, 0.05) is 19.0 Å². The van der Waals surface area contributed by atoms with E-state index in [1.54, 1.807) is 21.6 Å². The number of aromatic nitrogens is 2. The summed E-state index contributed by atoms with van der Waals surface area (Å²) in [5.74, 6) is 0.280. The van der Waals surface area contributed by atoms with Crippen molar-refractivity contribution in [1.82, 2.24) is 14.5 Å². The van der Waals surface area contributed by atoms with Crippen molar-refractivity contribution in [1.29, 1.82) is 0 Å². The Balaban J connectivity index is 0.00000204. The lowest BCUT2D eigenvalue weighted by Gasteiger charge is -2.32. The topological polar surface area (TPSA) is 38.1 Å². The van der Waals surface area contributed by atoms with E-state index in [4.69, 9.17) is 4.98 Å². The third-order valence-corrected chi connectivity index (χ3v) is 9.22. The zero-order valence-electron chi connectivity index (χ0n) is 27.0. The van der Waals surface area contributed by atoms with E-state index in [1.807, 2.05) is 44.2 Å². The SMILES string of the molecule is C=C.CCC(F)n1c(C2CCN(C(=O)c3cc(C)c(/C(=C\CCCC4CC4)c4cccc(F)c4)cc3F)CC2)nc2ccccc21. The molecule has 2 heterocycles. The third-order valence-electron chi connectivity index (χ3n) is 9.22. The summed E-state index contributed by atoms with van der Waals surface area (Å²) in [4.78, 5) is 20.1. The van der Waals surface area contributed by atoms with Crippen molar-refractivity contribution in [2.75, 3.05) is 13.1 Å². The molecule has 3 aromatic carbocycles. The van der Waals surface area contributed by atoms with Gasteiger partial charge in [0.15, 0.2) is 6.30 Å². The number of halogens is 3. The molecule has 0 N–H and O–H groups in total. The van der Waals surface area contributed by atoms with Crippen LogP contribution in [0.2, 0.25) is 0 Å². The normalized spacial score (nSPS) is 16.3. The molecule has 1 aliphatic heterocycles. The summed E-state index contributed by atoms with van der Waals surface area (Å²) in [6.45, 7) is 10.6. The fourth-order valence-electron chi connectivity index (χ4n) is 6.57. The van der Waals surface area contributed by atoms with E-state index in [0.29, 0.717) is 49.3 Å². The van der Waals surface area contributed by atoms with Crippen LogP contribution in [0, 0.1) is 24.5 Å². The van der Waals surface area contributed by atoms with Gasteiger partial charge >= 0.3 is 0 Å². The molecule has 0 bridgehead atoms. The number of rotatable bonds is 10. The average Bonchev–Trinajstić information content (AvgIpc) is 3.83. The van der Waals surface area contributed by atoms with Crippen molar-refractivity contribution in [2.24, 2.45) is 5.92 Å². The number of para-hydroxylation sites is 2. The monoisotopic (exact) mass is 627 g/mol. The van der Waals surface area contributed by atoms with Crippen molar-refractivity contribution < 1.29 is 18.0 Å². The predicted octanol–water partition coefficient (Wildman–Crippen LogP) is 10.3. The lowest BCUT2D eigenvalue weighted by atomic mass is 9.91. The smallest absolute Gasteiger partial charge is 0.256 e.